The lowest BCUT2D eigenvalue weighted by molar-refractivity contribution is -0.156. The monoisotopic (exact) mass is 453 g/mol. The smallest absolute Gasteiger partial charge is 0.328 e. The molecule has 0 aromatic heterocycles. The van der Waals surface area contributed by atoms with Crippen LogP contribution in [0.25, 0.3) is 0 Å². The molecule has 0 radical (unpaired) electrons. The van der Waals surface area contributed by atoms with Gasteiger partial charge in [-0.15, -0.1) is 0 Å². The minimum Gasteiger partial charge on any atom is -0.467 e. The van der Waals surface area contributed by atoms with E-state index >= 15 is 0 Å². The van der Waals surface area contributed by atoms with E-state index in [2.05, 4.69) is 23.3 Å². The predicted molar refractivity (Wildman–Crippen MR) is 123 cm³/mol. The van der Waals surface area contributed by atoms with Crippen molar-refractivity contribution in [3.63, 3.8) is 0 Å². The summed E-state index contributed by atoms with van der Waals surface area (Å²) >= 11 is 5.93. The van der Waals surface area contributed by atoms with Crippen molar-refractivity contribution in [2.45, 2.75) is 37.4 Å². The minimum absolute atomic E-state index is 0.0966. The topological polar surface area (TPSA) is 87.7 Å². The number of nitrogens with zero attached hydrogens (tertiary/aromatic N) is 1. The Bertz CT molecular complexity index is 699. The molecule has 0 saturated carbocycles. The van der Waals surface area contributed by atoms with Crippen LogP contribution in [0, 0.1) is 0 Å². The molecule has 2 amide bonds. The first-order valence-electron chi connectivity index (χ1n) is 10.1. The molecule has 0 bridgehead atoms. The number of benzene rings is 1. The summed E-state index contributed by atoms with van der Waals surface area (Å²) in [5.74, 6) is -0.209. The fourth-order valence-electron chi connectivity index (χ4n) is 3.61. The summed E-state index contributed by atoms with van der Waals surface area (Å²) in [6.45, 7) is 1.54. The number of thioether (sulfide) groups is 1. The number of esters is 1. The summed E-state index contributed by atoms with van der Waals surface area (Å²) in [6.07, 6.45) is 3.94. The number of carbonyl (C=O) groups excluding carboxylic acids is 3. The number of amides is 2. The van der Waals surface area contributed by atoms with Gasteiger partial charge in [0, 0.05) is 17.4 Å². The molecule has 1 aliphatic heterocycles. The summed E-state index contributed by atoms with van der Waals surface area (Å²) in [4.78, 5) is 40.5. The first kappa shape index (κ1) is 24.6. The maximum absolute atomic E-state index is 13.6. The number of methoxy groups -OCH3 is 1. The minimum atomic E-state index is -0.836. The van der Waals surface area contributed by atoms with Crippen molar-refractivity contribution in [3.05, 3.63) is 35.9 Å². The van der Waals surface area contributed by atoms with Gasteiger partial charge < -0.3 is 20.3 Å². The van der Waals surface area contributed by atoms with E-state index in [1.54, 1.807) is 40.9 Å². The molecule has 1 heterocycles. The average Bonchev–Trinajstić information content (AvgIpc) is 2.80. The second kappa shape index (κ2) is 12.9. The molecule has 0 spiro atoms. The van der Waals surface area contributed by atoms with Crippen LogP contribution >= 0.6 is 24.4 Å². The van der Waals surface area contributed by atoms with E-state index in [-0.39, 0.29) is 23.6 Å². The van der Waals surface area contributed by atoms with Crippen LogP contribution in [0.15, 0.2) is 30.3 Å². The van der Waals surface area contributed by atoms with Gasteiger partial charge >= 0.3 is 5.97 Å². The van der Waals surface area contributed by atoms with E-state index in [1.165, 1.54) is 7.11 Å². The Labute approximate surface area is 188 Å². The zero-order chi connectivity index (χ0) is 21.9. The maximum Gasteiger partial charge on any atom is 0.328 e. The second-order valence-electron chi connectivity index (χ2n) is 7.12. The Morgan fingerprint density at radius 3 is 2.50 bits per heavy atom. The Morgan fingerprint density at radius 2 is 1.93 bits per heavy atom. The molecule has 9 heteroatoms. The summed E-state index contributed by atoms with van der Waals surface area (Å²) in [7, 11) is 1.34. The lowest BCUT2D eigenvalue weighted by Crippen LogP contribution is -2.60. The van der Waals surface area contributed by atoms with Gasteiger partial charge in [0.2, 0.25) is 5.91 Å². The van der Waals surface area contributed by atoms with Crippen LogP contribution < -0.4 is 10.6 Å². The van der Waals surface area contributed by atoms with Gasteiger partial charge in [-0.2, -0.15) is 24.4 Å². The lowest BCUT2D eigenvalue weighted by atomic mass is 9.99. The van der Waals surface area contributed by atoms with Gasteiger partial charge in [-0.05, 0) is 56.5 Å². The first-order chi connectivity index (χ1) is 14.5. The van der Waals surface area contributed by atoms with Gasteiger partial charge in [-0.25, -0.2) is 4.79 Å². The summed E-state index contributed by atoms with van der Waals surface area (Å²) in [6, 6.07) is 7.12. The SMILES string of the molecule is COC(=O)[C@H](CCSC)N(C(=O)[C@H](CS)NC(=O)c1ccccc1)C1CCNCC1. The summed E-state index contributed by atoms with van der Waals surface area (Å²) < 4.78 is 5.03. The van der Waals surface area contributed by atoms with Crippen molar-refractivity contribution >= 4 is 42.2 Å². The van der Waals surface area contributed by atoms with Crippen LogP contribution in [0.1, 0.15) is 29.6 Å². The standard InChI is InChI=1S/C21H31N3O4S2/c1-28-21(27)18(10-13-30-2)24(16-8-11-22-12-9-16)20(26)17(14-29)23-19(25)15-6-4-3-5-7-15/h3-7,16-18,22,29H,8-14H2,1-2H3,(H,23,25)/t17-,18-/m0/s1. The Morgan fingerprint density at radius 1 is 1.27 bits per heavy atom. The van der Waals surface area contributed by atoms with Gasteiger partial charge in [0.05, 0.1) is 7.11 Å². The third kappa shape index (κ3) is 6.65. The highest BCUT2D eigenvalue weighted by Gasteiger charge is 2.39. The van der Waals surface area contributed by atoms with Gasteiger partial charge in [0.15, 0.2) is 0 Å². The zero-order valence-corrected chi connectivity index (χ0v) is 19.2. The molecular weight excluding hydrogens is 422 g/mol. The van der Waals surface area contributed by atoms with Crippen LogP contribution in [0.3, 0.4) is 0 Å². The molecule has 1 saturated heterocycles. The van der Waals surface area contributed by atoms with Gasteiger partial charge in [-0.3, -0.25) is 9.59 Å². The average molecular weight is 454 g/mol. The van der Waals surface area contributed by atoms with Gasteiger partial charge in [0.1, 0.15) is 12.1 Å². The van der Waals surface area contributed by atoms with Crippen molar-refractivity contribution in [2.75, 3.05) is 38.0 Å². The molecule has 2 atom stereocenters. The molecule has 2 N–H and O–H groups in total. The third-order valence-corrected chi connectivity index (χ3v) is 6.19. The Balaban J connectivity index is 2.28. The highest BCUT2D eigenvalue weighted by molar-refractivity contribution is 7.98. The molecule has 166 valence electrons. The molecule has 1 aromatic carbocycles. The molecule has 0 unspecified atom stereocenters. The van der Waals surface area contributed by atoms with Crippen LogP contribution in [0.4, 0.5) is 0 Å². The normalized spacial score (nSPS) is 16.4. The fourth-order valence-corrected chi connectivity index (χ4v) is 4.31. The largest absolute Gasteiger partial charge is 0.467 e. The molecule has 2 rings (SSSR count). The van der Waals surface area contributed by atoms with E-state index in [0.717, 1.165) is 31.7 Å². The molecule has 7 nitrogen and oxygen atoms in total. The number of ether oxygens (including phenoxy) is 1. The number of piperidine rings is 1. The molecule has 1 aliphatic rings. The van der Waals surface area contributed by atoms with Gasteiger partial charge in [-0.1, -0.05) is 18.2 Å². The van der Waals surface area contributed by atoms with Crippen LogP contribution in [0.5, 0.6) is 0 Å². The number of hydrogen-bond acceptors (Lipinski definition) is 7. The van der Waals surface area contributed by atoms with Crippen molar-refractivity contribution in [1.29, 1.82) is 0 Å². The number of thiol groups is 1. The van der Waals surface area contributed by atoms with E-state index in [4.69, 9.17) is 4.74 Å². The molecule has 0 aliphatic carbocycles. The number of carbonyl (C=O) groups is 3. The molecule has 1 aromatic rings. The Hall–Kier alpha value is -1.71. The molecule has 30 heavy (non-hydrogen) atoms. The van der Waals surface area contributed by atoms with Gasteiger partial charge in [0.25, 0.3) is 5.91 Å². The number of nitrogens with one attached hydrogen (secondary N) is 2. The second-order valence-corrected chi connectivity index (χ2v) is 8.47. The summed E-state index contributed by atoms with van der Waals surface area (Å²) in [5, 5.41) is 6.08. The highest BCUT2D eigenvalue weighted by Crippen LogP contribution is 2.21. The van der Waals surface area contributed by atoms with E-state index in [9.17, 15) is 14.4 Å². The molecular formula is C21H31N3O4S2. The highest BCUT2D eigenvalue weighted by atomic mass is 32.2. The number of rotatable bonds is 10. The maximum atomic E-state index is 13.6. The Kier molecular flexibility index (Phi) is 10.5. The summed E-state index contributed by atoms with van der Waals surface area (Å²) in [5.41, 5.74) is 0.470. The van der Waals surface area contributed by atoms with Crippen LogP contribution in [-0.4, -0.2) is 78.8 Å². The van der Waals surface area contributed by atoms with Crippen LogP contribution in [-0.2, 0) is 14.3 Å². The van der Waals surface area contributed by atoms with E-state index in [1.807, 2.05) is 12.3 Å². The third-order valence-electron chi connectivity index (χ3n) is 5.18. The van der Waals surface area contributed by atoms with Crippen molar-refractivity contribution in [3.8, 4) is 0 Å². The van der Waals surface area contributed by atoms with Crippen molar-refractivity contribution in [2.24, 2.45) is 0 Å². The van der Waals surface area contributed by atoms with Crippen LogP contribution in [0.2, 0.25) is 0 Å². The quantitative estimate of drug-likeness (QED) is 0.368. The van der Waals surface area contributed by atoms with Crippen molar-refractivity contribution < 1.29 is 19.1 Å². The van der Waals surface area contributed by atoms with Crippen molar-refractivity contribution in [1.82, 2.24) is 15.5 Å². The number of hydrogen-bond donors (Lipinski definition) is 3. The zero-order valence-electron chi connectivity index (χ0n) is 17.5. The predicted octanol–water partition coefficient (Wildman–Crippen LogP) is 1.59. The molecule has 1 fully saturated rings. The van der Waals surface area contributed by atoms with E-state index in [0.29, 0.717) is 12.0 Å². The lowest BCUT2D eigenvalue weighted by Gasteiger charge is -2.40. The fraction of sp³-hybridized carbons (Fsp3) is 0.571. The first-order valence-corrected chi connectivity index (χ1v) is 12.1. The van der Waals surface area contributed by atoms with E-state index < -0.39 is 18.1 Å².